The maximum atomic E-state index is 11.9. The van der Waals surface area contributed by atoms with E-state index < -0.39 is 5.97 Å². The van der Waals surface area contributed by atoms with Crippen LogP contribution in [-0.2, 0) is 22.7 Å². The van der Waals surface area contributed by atoms with Crippen LogP contribution in [-0.4, -0.2) is 5.97 Å². The van der Waals surface area contributed by atoms with Crippen LogP contribution in [0.15, 0.2) is 78.9 Å². The number of hydrogen-bond acceptors (Lipinski definition) is 3. The van der Waals surface area contributed by atoms with Crippen molar-refractivity contribution in [2.75, 3.05) is 0 Å². The van der Waals surface area contributed by atoms with E-state index in [1.54, 1.807) is 12.1 Å². The molecule has 142 valence electrons. The minimum absolute atomic E-state index is 0.139. The van der Waals surface area contributed by atoms with Gasteiger partial charge in [0.15, 0.2) is 0 Å². The van der Waals surface area contributed by atoms with Gasteiger partial charge in [0.25, 0.3) is 0 Å². The van der Waals surface area contributed by atoms with Crippen LogP contribution in [0.1, 0.15) is 16.7 Å². The van der Waals surface area contributed by atoms with Crippen LogP contribution in [0.4, 0.5) is 0 Å². The molecule has 3 aromatic carbocycles. The molecule has 0 radical (unpaired) electrons. The molecule has 28 heavy (non-hydrogen) atoms. The molecule has 3 rings (SSSR count). The minimum atomic E-state index is -0.428. The maximum absolute atomic E-state index is 11.9. The van der Waals surface area contributed by atoms with Crippen LogP contribution in [0, 0.1) is 0 Å². The number of hydrogen-bond donors (Lipinski definition) is 0. The average Bonchev–Trinajstić information content (AvgIpc) is 2.72. The molecule has 0 unspecified atom stereocenters. The largest absolute Gasteiger partial charge is 0.489 e. The van der Waals surface area contributed by atoms with Gasteiger partial charge in [0.2, 0.25) is 0 Å². The number of rotatable bonds is 7. The molecule has 0 aromatic heterocycles. The third kappa shape index (κ3) is 6.15. The van der Waals surface area contributed by atoms with E-state index in [0.29, 0.717) is 16.7 Å². The molecule has 0 aliphatic carbocycles. The summed E-state index contributed by atoms with van der Waals surface area (Å²) in [6.07, 6.45) is 3.08. The summed E-state index contributed by atoms with van der Waals surface area (Å²) >= 11 is 11.9. The van der Waals surface area contributed by atoms with Crippen LogP contribution in [0.5, 0.6) is 5.75 Å². The summed E-state index contributed by atoms with van der Waals surface area (Å²) in [6, 6.07) is 22.2. The SMILES string of the molecule is O=C(/C=C/c1ccc(OCc2ccc(Cl)cc2)cc1)OCc1ccccc1Cl. The molecule has 3 aromatic rings. The van der Waals surface area contributed by atoms with E-state index in [2.05, 4.69) is 0 Å². The van der Waals surface area contributed by atoms with Crippen molar-refractivity contribution in [3.63, 3.8) is 0 Å². The first-order valence-corrected chi connectivity index (χ1v) is 9.41. The van der Waals surface area contributed by atoms with E-state index in [4.69, 9.17) is 32.7 Å². The second kappa shape index (κ2) is 9.98. The van der Waals surface area contributed by atoms with Crippen molar-refractivity contribution in [1.82, 2.24) is 0 Å². The molecule has 0 atom stereocenters. The van der Waals surface area contributed by atoms with Crippen LogP contribution in [0.3, 0.4) is 0 Å². The molecule has 0 spiro atoms. The molecule has 0 fully saturated rings. The molecule has 0 saturated carbocycles. The average molecular weight is 413 g/mol. The molecule has 0 aliphatic heterocycles. The van der Waals surface area contributed by atoms with Gasteiger partial charge in [-0.1, -0.05) is 65.7 Å². The summed E-state index contributed by atoms with van der Waals surface area (Å²) in [7, 11) is 0. The highest BCUT2D eigenvalue weighted by Crippen LogP contribution is 2.17. The quantitative estimate of drug-likeness (QED) is 0.336. The van der Waals surface area contributed by atoms with E-state index in [1.165, 1.54) is 6.08 Å². The second-order valence-corrected chi connectivity index (χ2v) is 6.86. The maximum Gasteiger partial charge on any atom is 0.331 e. The van der Waals surface area contributed by atoms with Crippen LogP contribution in [0.25, 0.3) is 6.08 Å². The fourth-order valence-electron chi connectivity index (χ4n) is 2.40. The summed E-state index contributed by atoms with van der Waals surface area (Å²) in [6.45, 7) is 0.598. The number of carbonyl (C=O) groups excluding carboxylic acids is 1. The van der Waals surface area contributed by atoms with Gasteiger partial charge in [0.05, 0.1) is 0 Å². The Morgan fingerprint density at radius 3 is 2.29 bits per heavy atom. The third-order valence-electron chi connectivity index (χ3n) is 3.94. The predicted molar refractivity (Wildman–Crippen MR) is 113 cm³/mol. The molecule has 5 heteroatoms. The zero-order valence-electron chi connectivity index (χ0n) is 15.0. The highest BCUT2D eigenvalue weighted by molar-refractivity contribution is 6.31. The molecule has 3 nitrogen and oxygen atoms in total. The lowest BCUT2D eigenvalue weighted by Crippen LogP contribution is -2.01. The fourth-order valence-corrected chi connectivity index (χ4v) is 2.72. The summed E-state index contributed by atoms with van der Waals surface area (Å²) in [5, 5.41) is 1.28. The summed E-state index contributed by atoms with van der Waals surface area (Å²) in [5.41, 5.74) is 2.68. The Morgan fingerprint density at radius 2 is 1.57 bits per heavy atom. The predicted octanol–water partition coefficient (Wildman–Crippen LogP) is 6.33. The number of carbonyl (C=O) groups is 1. The molecule has 0 saturated heterocycles. The Kier molecular flexibility index (Phi) is 7.12. The van der Waals surface area contributed by atoms with Gasteiger partial charge < -0.3 is 9.47 Å². The summed E-state index contributed by atoms with van der Waals surface area (Å²) in [4.78, 5) is 11.9. The molecule has 0 bridgehead atoms. The van der Waals surface area contributed by atoms with Gasteiger partial charge in [-0.05, 0) is 47.5 Å². The first kappa shape index (κ1) is 20.0. The van der Waals surface area contributed by atoms with E-state index in [0.717, 1.165) is 22.4 Å². The molecule has 0 aliphatic rings. The van der Waals surface area contributed by atoms with E-state index >= 15 is 0 Å². The number of halogens is 2. The molecule has 0 amide bonds. The lowest BCUT2D eigenvalue weighted by molar-refractivity contribution is -0.138. The van der Waals surface area contributed by atoms with Crippen LogP contribution < -0.4 is 4.74 Å². The zero-order valence-corrected chi connectivity index (χ0v) is 16.5. The highest BCUT2D eigenvalue weighted by Gasteiger charge is 2.03. The lowest BCUT2D eigenvalue weighted by Gasteiger charge is -2.07. The molecule has 0 heterocycles. The number of benzene rings is 3. The Balaban J connectivity index is 1.48. The first-order valence-electron chi connectivity index (χ1n) is 8.66. The molecular formula is C23H18Cl2O3. The van der Waals surface area contributed by atoms with E-state index in [-0.39, 0.29) is 6.61 Å². The molecule has 0 N–H and O–H groups in total. The first-order chi connectivity index (χ1) is 13.6. The number of ether oxygens (including phenoxy) is 2. The second-order valence-electron chi connectivity index (χ2n) is 6.02. The van der Waals surface area contributed by atoms with Gasteiger partial charge in [-0.15, -0.1) is 0 Å². The zero-order chi connectivity index (χ0) is 19.8. The third-order valence-corrected chi connectivity index (χ3v) is 4.56. The van der Waals surface area contributed by atoms with Crippen molar-refractivity contribution >= 4 is 35.2 Å². The Hall–Kier alpha value is -2.75. The monoisotopic (exact) mass is 412 g/mol. The van der Waals surface area contributed by atoms with Crippen molar-refractivity contribution in [2.24, 2.45) is 0 Å². The van der Waals surface area contributed by atoms with Gasteiger partial charge in [0, 0.05) is 21.7 Å². The Morgan fingerprint density at radius 1 is 0.857 bits per heavy atom. The van der Waals surface area contributed by atoms with Crippen LogP contribution >= 0.6 is 23.2 Å². The highest BCUT2D eigenvalue weighted by atomic mass is 35.5. The van der Waals surface area contributed by atoms with Gasteiger partial charge in [-0.3, -0.25) is 0 Å². The van der Waals surface area contributed by atoms with Crippen LogP contribution in [0.2, 0.25) is 10.0 Å². The van der Waals surface area contributed by atoms with E-state index in [9.17, 15) is 4.79 Å². The van der Waals surface area contributed by atoms with Gasteiger partial charge in [0.1, 0.15) is 19.0 Å². The Bertz CT molecular complexity index is 948. The fraction of sp³-hybridized carbons (Fsp3) is 0.0870. The van der Waals surface area contributed by atoms with Crippen molar-refractivity contribution < 1.29 is 14.3 Å². The summed E-state index contributed by atoms with van der Waals surface area (Å²) < 4.78 is 10.9. The molecular weight excluding hydrogens is 395 g/mol. The topological polar surface area (TPSA) is 35.5 Å². The number of esters is 1. The van der Waals surface area contributed by atoms with Gasteiger partial charge in [-0.25, -0.2) is 4.79 Å². The van der Waals surface area contributed by atoms with Crippen molar-refractivity contribution in [3.05, 3.63) is 106 Å². The normalized spacial score (nSPS) is 10.8. The van der Waals surface area contributed by atoms with Crippen molar-refractivity contribution in [2.45, 2.75) is 13.2 Å². The standard InChI is InChI=1S/C23H18Cl2O3/c24-20-10-5-18(6-11-20)15-27-21-12-7-17(8-13-21)9-14-23(26)28-16-19-3-1-2-4-22(19)25/h1-14H,15-16H2/b14-9+. The Labute approximate surface area is 174 Å². The van der Waals surface area contributed by atoms with Gasteiger partial charge in [-0.2, -0.15) is 0 Å². The van der Waals surface area contributed by atoms with E-state index in [1.807, 2.05) is 66.7 Å². The minimum Gasteiger partial charge on any atom is -0.489 e. The van der Waals surface area contributed by atoms with Gasteiger partial charge >= 0.3 is 5.97 Å². The summed E-state index contributed by atoms with van der Waals surface area (Å²) in [5.74, 6) is 0.316. The smallest absolute Gasteiger partial charge is 0.331 e. The van der Waals surface area contributed by atoms with Crippen molar-refractivity contribution in [1.29, 1.82) is 0 Å². The van der Waals surface area contributed by atoms with Crippen molar-refractivity contribution in [3.8, 4) is 5.75 Å². The lowest BCUT2D eigenvalue weighted by atomic mass is 10.2.